The Morgan fingerprint density at radius 3 is 2.47 bits per heavy atom. The number of hydrogen-bond donors (Lipinski definition) is 1. The van der Waals surface area contributed by atoms with Crippen molar-refractivity contribution in [2.75, 3.05) is 5.73 Å². The fourth-order valence-electron chi connectivity index (χ4n) is 1.25. The number of ether oxygens (including phenoxy) is 1. The molecule has 0 aliphatic carbocycles. The fourth-order valence-corrected chi connectivity index (χ4v) is 2.36. The van der Waals surface area contributed by atoms with E-state index in [-0.39, 0.29) is 28.1 Å². The Balaban J connectivity index is 2.18. The van der Waals surface area contributed by atoms with E-state index in [1.54, 1.807) is 0 Å². The molecule has 7 nitrogen and oxygen atoms in total. The van der Waals surface area contributed by atoms with Crippen molar-refractivity contribution in [3.8, 4) is 5.75 Å². The molecule has 0 saturated carbocycles. The SMILES string of the molecule is Nc1nnc(COc2c(Cl)cc([N+](=O)[O-])cc2Cl)s1. The Kier molecular flexibility index (Phi) is 4.03. The molecule has 19 heavy (non-hydrogen) atoms. The summed E-state index contributed by atoms with van der Waals surface area (Å²) in [5.74, 6) is 0.155. The van der Waals surface area contributed by atoms with E-state index in [9.17, 15) is 10.1 Å². The highest BCUT2D eigenvalue weighted by Crippen LogP contribution is 2.37. The first-order valence-electron chi connectivity index (χ1n) is 4.81. The average Bonchev–Trinajstić information content (AvgIpc) is 2.73. The molecule has 1 aromatic heterocycles. The van der Waals surface area contributed by atoms with Crippen LogP contribution >= 0.6 is 34.5 Å². The van der Waals surface area contributed by atoms with Crippen LogP contribution in [-0.4, -0.2) is 15.1 Å². The molecule has 2 aromatic rings. The second-order valence-corrected chi connectivity index (χ2v) is 5.23. The number of non-ortho nitro benzene ring substituents is 1. The molecule has 2 rings (SSSR count). The minimum absolute atomic E-state index is 0.0525. The number of aromatic nitrogens is 2. The summed E-state index contributed by atoms with van der Waals surface area (Å²) in [5.41, 5.74) is 5.22. The number of halogens is 2. The summed E-state index contributed by atoms with van der Waals surface area (Å²) in [5, 5.41) is 19.0. The third-order valence-corrected chi connectivity index (χ3v) is 3.30. The Morgan fingerprint density at radius 2 is 2.00 bits per heavy atom. The molecule has 0 atom stereocenters. The van der Waals surface area contributed by atoms with Crippen LogP contribution in [0.3, 0.4) is 0 Å². The van der Waals surface area contributed by atoms with E-state index in [4.69, 9.17) is 33.7 Å². The van der Waals surface area contributed by atoms with Gasteiger partial charge in [-0.1, -0.05) is 34.5 Å². The van der Waals surface area contributed by atoms with Gasteiger partial charge in [-0.05, 0) is 0 Å². The maximum atomic E-state index is 10.6. The van der Waals surface area contributed by atoms with Gasteiger partial charge in [0.2, 0.25) is 5.13 Å². The van der Waals surface area contributed by atoms with E-state index in [1.807, 2.05) is 0 Å². The van der Waals surface area contributed by atoms with Crippen LogP contribution in [-0.2, 0) is 6.61 Å². The summed E-state index contributed by atoms with van der Waals surface area (Å²) in [6.45, 7) is 0.0755. The first kappa shape index (κ1) is 13.8. The van der Waals surface area contributed by atoms with E-state index < -0.39 is 4.92 Å². The maximum Gasteiger partial charge on any atom is 0.272 e. The molecule has 2 N–H and O–H groups in total. The summed E-state index contributed by atoms with van der Waals surface area (Å²) < 4.78 is 5.37. The van der Waals surface area contributed by atoms with Crippen LogP contribution in [0.1, 0.15) is 5.01 Å². The van der Waals surface area contributed by atoms with Gasteiger partial charge in [0.15, 0.2) is 10.8 Å². The van der Waals surface area contributed by atoms with Crippen LogP contribution in [0.2, 0.25) is 10.0 Å². The van der Waals surface area contributed by atoms with Gasteiger partial charge in [0, 0.05) is 12.1 Å². The first-order chi connectivity index (χ1) is 8.97. The van der Waals surface area contributed by atoms with Gasteiger partial charge < -0.3 is 10.5 Å². The topological polar surface area (TPSA) is 104 Å². The average molecular weight is 321 g/mol. The van der Waals surface area contributed by atoms with Crippen molar-refractivity contribution < 1.29 is 9.66 Å². The van der Waals surface area contributed by atoms with E-state index in [1.165, 1.54) is 0 Å². The van der Waals surface area contributed by atoms with Crippen molar-refractivity contribution in [3.63, 3.8) is 0 Å². The normalized spacial score (nSPS) is 10.4. The van der Waals surface area contributed by atoms with Gasteiger partial charge in [0.1, 0.15) is 6.61 Å². The lowest BCUT2D eigenvalue weighted by Crippen LogP contribution is -1.97. The predicted molar refractivity (Wildman–Crippen MR) is 71.8 cm³/mol. The fraction of sp³-hybridized carbons (Fsp3) is 0.111. The van der Waals surface area contributed by atoms with Crippen molar-refractivity contribution in [1.82, 2.24) is 10.2 Å². The summed E-state index contributed by atoms with van der Waals surface area (Å²) in [7, 11) is 0. The van der Waals surface area contributed by atoms with Crippen LogP contribution in [0.15, 0.2) is 12.1 Å². The Hall–Kier alpha value is -1.64. The summed E-state index contributed by atoms with van der Waals surface area (Å²) >= 11 is 12.9. The molecule has 1 aromatic carbocycles. The molecule has 0 spiro atoms. The minimum Gasteiger partial charge on any atom is -0.483 e. The van der Waals surface area contributed by atoms with Gasteiger partial charge in [0.25, 0.3) is 5.69 Å². The molecule has 0 aliphatic heterocycles. The summed E-state index contributed by atoms with van der Waals surface area (Å²) in [6.07, 6.45) is 0. The maximum absolute atomic E-state index is 10.6. The largest absolute Gasteiger partial charge is 0.483 e. The number of nitrogens with zero attached hydrogens (tertiary/aromatic N) is 3. The Labute approximate surface area is 121 Å². The molecular weight excluding hydrogens is 315 g/mol. The molecule has 0 radical (unpaired) electrons. The number of hydrogen-bond acceptors (Lipinski definition) is 7. The minimum atomic E-state index is -0.590. The van der Waals surface area contributed by atoms with Crippen molar-refractivity contribution in [2.45, 2.75) is 6.61 Å². The third-order valence-electron chi connectivity index (χ3n) is 2.02. The number of rotatable bonds is 4. The van der Waals surface area contributed by atoms with Crippen LogP contribution in [0.4, 0.5) is 10.8 Å². The van der Waals surface area contributed by atoms with E-state index in [0.717, 1.165) is 23.5 Å². The third kappa shape index (κ3) is 3.22. The smallest absolute Gasteiger partial charge is 0.272 e. The zero-order valence-corrected chi connectivity index (χ0v) is 11.5. The number of nitrogens with two attached hydrogens (primary N) is 1. The molecule has 0 unspecified atom stereocenters. The van der Waals surface area contributed by atoms with Gasteiger partial charge in [0.05, 0.1) is 15.0 Å². The molecular formula is C9H6Cl2N4O3S. The van der Waals surface area contributed by atoms with E-state index >= 15 is 0 Å². The summed E-state index contributed by atoms with van der Waals surface area (Å²) in [6, 6.07) is 2.33. The van der Waals surface area contributed by atoms with Gasteiger partial charge in [-0.3, -0.25) is 10.1 Å². The van der Waals surface area contributed by atoms with E-state index in [0.29, 0.717) is 10.1 Å². The highest BCUT2D eigenvalue weighted by molar-refractivity contribution is 7.15. The lowest BCUT2D eigenvalue weighted by Gasteiger charge is -2.07. The molecule has 0 aliphatic rings. The van der Waals surface area contributed by atoms with Crippen LogP contribution < -0.4 is 10.5 Å². The van der Waals surface area contributed by atoms with Gasteiger partial charge in [-0.2, -0.15) is 0 Å². The van der Waals surface area contributed by atoms with E-state index in [2.05, 4.69) is 10.2 Å². The second-order valence-electron chi connectivity index (χ2n) is 3.32. The van der Waals surface area contributed by atoms with Crippen LogP contribution in [0.5, 0.6) is 5.75 Å². The Morgan fingerprint density at radius 1 is 1.37 bits per heavy atom. The predicted octanol–water partition coefficient (Wildman–Crippen LogP) is 2.91. The molecule has 10 heteroatoms. The number of nitrogen functional groups attached to an aromatic ring is 1. The number of anilines is 1. The van der Waals surface area contributed by atoms with Crippen molar-refractivity contribution in [1.29, 1.82) is 0 Å². The van der Waals surface area contributed by atoms with Gasteiger partial charge in [-0.25, -0.2) is 0 Å². The zero-order chi connectivity index (χ0) is 14.0. The molecule has 0 bridgehead atoms. The van der Waals surface area contributed by atoms with Crippen LogP contribution in [0.25, 0.3) is 0 Å². The summed E-state index contributed by atoms with van der Waals surface area (Å²) in [4.78, 5) is 10.0. The monoisotopic (exact) mass is 320 g/mol. The lowest BCUT2D eigenvalue weighted by molar-refractivity contribution is -0.384. The highest BCUT2D eigenvalue weighted by Gasteiger charge is 2.16. The lowest BCUT2D eigenvalue weighted by atomic mass is 10.3. The molecule has 0 amide bonds. The molecule has 0 fully saturated rings. The molecule has 0 saturated heterocycles. The standard InChI is InChI=1S/C9H6Cl2N4O3S/c10-5-1-4(15(16)17)2-6(11)8(5)18-3-7-13-14-9(12)19-7/h1-2H,3H2,(H2,12,14). The van der Waals surface area contributed by atoms with Gasteiger partial charge in [-0.15, -0.1) is 10.2 Å². The molecule has 1 heterocycles. The Bertz CT molecular complexity index is 611. The van der Waals surface area contributed by atoms with Crippen LogP contribution in [0, 0.1) is 10.1 Å². The second kappa shape index (κ2) is 5.55. The number of nitro benzene ring substituents is 1. The van der Waals surface area contributed by atoms with Crippen molar-refractivity contribution >= 4 is 45.4 Å². The molecule has 100 valence electrons. The van der Waals surface area contributed by atoms with Crippen molar-refractivity contribution in [2.24, 2.45) is 0 Å². The zero-order valence-electron chi connectivity index (χ0n) is 9.17. The first-order valence-corrected chi connectivity index (χ1v) is 6.38. The quantitative estimate of drug-likeness (QED) is 0.686. The number of nitro groups is 1. The van der Waals surface area contributed by atoms with Crippen molar-refractivity contribution in [3.05, 3.63) is 37.3 Å². The van der Waals surface area contributed by atoms with Gasteiger partial charge >= 0.3 is 0 Å². The number of benzene rings is 1. The highest BCUT2D eigenvalue weighted by atomic mass is 35.5.